The Morgan fingerprint density at radius 3 is 2.15 bits per heavy atom. The van der Waals surface area contributed by atoms with E-state index in [1.165, 1.54) is 0 Å². The van der Waals surface area contributed by atoms with Crippen LogP contribution in [0.2, 0.25) is 0 Å². The fourth-order valence-electron chi connectivity index (χ4n) is 0.945. The summed E-state index contributed by atoms with van der Waals surface area (Å²) in [6.07, 6.45) is -4.04. The van der Waals surface area contributed by atoms with Gasteiger partial charge in [-0.3, -0.25) is 0 Å². The van der Waals surface area contributed by atoms with Crippen LogP contribution in [0.4, 0.5) is 0 Å². The number of hydrogen-bond acceptors (Lipinski definition) is 6. The van der Waals surface area contributed by atoms with E-state index in [1.807, 2.05) is 0 Å². The second-order valence-electron chi connectivity index (χ2n) is 2.95. The maximum atomic E-state index is 9.33. The summed E-state index contributed by atoms with van der Waals surface area (Å²) < 4.78 is 0. The lowest BCUT2D eigenvalue weighted by atomic mass is 10.0. The first-order valence-corrected chi connectivity index (χ1v) is 4.09. The molecule has 0 aromatic heterocycles. The molecule has 13 heavy (non-hydrogen) atoms. The van der Waals surface area contributed by atoms with E-state index in [0.29, 0.717) is 6.54 Å². The van der Waals surface area contributed by atoms with E-state index >= 15 is 0 Å². The highest BCUT2D eigenvalue weighted by molar-refractivity contribution is 4.83. The molecular weight excluding hydrogens is 176 g/mol. The Hall–Kier alpha value is -0.240. The van der Waals surface area contributed by atoms with E-state index in [2.05, 4.69) is 5.32 Å². The van der Waals surface area contributed by atoms with Crippen molar-refractivity contribution in [3.8, 4) is 0 Å². The third-order valence-corrected chi connectivity index (χ3v) is 1.81. The molecule has 0 heterocycles. The van der Waals surface area contributed by atoms with Gasteiger partial charge in [-0.25, -0.2) is 0 Å². The van der Waals surface area contributed by atoms with E-state index < -0.39 is 31.0 Å². The minimum absolute atomic E-state index is 0.316. The number of aliphatic hydroxyl groups is 4. The highest BCUT2D eigenvalue weighted by atomic mass is 16.4. The first-order valence-electron chi connectivity index (χ1n) is 4.09. The lowest BCUT2D eigenvalue weighted by Crippen LogP contribution is -2.52. The van der Waals surface area contributed by atoms with Crippen LogP contribution in [0.5, 0.6) is 0 Å². The van der Waals surface area contributed by atoms with Crippen molar-refractivity contribution in [3.05, 3.63) is 0 Å². The zero-order valence-electron chi connectivity index (χ0n) is 7.59. The summed E-state index contributed by atoms with van der Waals surface area (Å²) >= 11 is 0. The molecule has 4 atom stereocenters. The third-order valence-electron chi connectivity index (χ3n) is 1.81. The summed E-state index contributed by atoms with van der Waals surface area (Å²) in [5, 5.41) is 38.7. The van der Waals surface area contributed by atoms with Crippen molar-refractivity contribution in [3.63, 3.8) is 0 Å². The zero-order chi connectivity index (χ0) is 10.4. The summed E-state index contributed by atoms with van der Waals surface area (Å²) in [5.41, 5.74) is 5.46. The van der Waals surface area contributed by atoms with Gasteiger partial charge in [0.15, 0.2) is 0 Å². The van der Waals surface area contributed by atoms with Crippen molar-refractivity contribution in [2.24, 2.45) is 5.73 Å². The Balaban J connectivity index is 3.99. The van der Waals surface area contributed by atoms with Crippen molar-refractivity contribution < 1.29 is 20.4 Å². The second kappa shape index (κ2) is 6.25. The molecular formula is C7H18N2O4. The molecule has 0 bridgehead atoms. The molecule has 0 spiro atoms. The van der Waals surface area contributed by atoms with Crippen LogP contribution < -0.4 is 11.1 Å². The third kappa shape index (κ3) is 3.99. The zero-order valence-corrected chi connectivity index (χ0v) is 7.59. The maximum absolute atomic E-state index is 9.33. The minimum atomic E-state index is -1.42. The topological polar surface area (TPSA) is 119 Å². The Kier molecular flexibility index (Phi) is 6.13. The van der Waals surface area contributed by atoms with Crippen LogP contribution in [-0.4, -0.2) is 65.0 Å². The van der Waals surface area contributed by atoms with Gasteiger partial charge in [0.2, 0.25) is 0 Å². The molecule has 80 valence electrons. The van der Waals surface area contributed by atoms with Crippen molar-refractivity contribution in [1.29, 1.82) is 0 Å². The molecule has 0 amide bonds. The Labute approximate surface area is 77.0 Å². The summed E-state index contributed by atoms with van der Waals surface area (Å²) in [7, 11) is 1.65. The monoisotopic (exact) mass is 194 g/mol. The molecule has 7 N–H and O–H groups in total. The minimum Gasteiger partial charge on any atom is -0.394 e. The lowest BCUT2D eigenvalue weighted by Gasteiger charge is -2.26. The van der Waals surface area contributed by atoms with Gasteiger partial charge in [0.05, 0.1) is 12.7 Å². The van der Waals surface area contributed by atoms with Crippen LogP contribution in [-0.2, 0) is 0 Å². The van der Waals surface area contributed by atoms with Gasteiger partial charge >= 0.3 is 0 Å². The van der Waals surface area contributed by atoms with E-state index in [0.717, 1.165) is 0 Å². The molecule has 0 aliphatic rings. The van der Waals surface area contributed by atoms with Gasteiger partial charge in [-0.2, -0.15) is 0 Å². The lowest BCUT2D eigenvalue weighted by molar-refractivity contribution is -0.0828. The average Bonchev–Trinajstić information content (AvgIpc) is 2.14. The molecule has 0 saturated carbocycles. The van der Waals surface area contributed by atoms with Gasteiger partial charge in [0.1, 0.15) is 12.2 Å². The normalized spacial score (nSPS) is 20.8. The van der Waals surface area contributed by atoms with Crippen molar-refractivity contribution in [2.75, 3.05) is 20.2 Å². The van der Waals surface area contributed by atoms with Gasteiger partial charge in [-0.05, 0) is 7.05 Å². The van der Waals surface area contributed by atoms with Crippen molar-refractivity contribution in [1.82, 2.24) is 5.32 Å². The van der Waals surface area contributed by atoms with Gasteiger partial charge < -0.3 is 31.5 Å². The van der Waals surface area contributed by atoms with E-state index in [1.54, 1.807) is 7.05 Å². The summed E-state index contributed by atoms with van der Waals surface area (Å²) in [6.45, 7) is -0.291. The first kappa shape index (κ1) is 12.8. The molecule has 0 saturated heterocycles. The van der Waals surface area contributed by atoms with Crippen LogP contribution >= 0.6 is 0 Å². The predicted octanol–water partition coefficient (Wildman–Crippen LogP) is -3.39. The molecule has 0 aromatic carbocycles. The number of nitrogens with two attached hydrogens (primary N) is 1. The largest absolute Gasteiger partial charge is 0.394 e. The first-order chi connectivity index (χ1) is 6.04. The summed E-state index contributed by atoms with van der Waals surface area (Å²) in [6, 6.07) is -0.679. The maximum Gasteiger partial charge on any atom is 0.110 e. The van der Waals surface area contributed by atoms with Crippen LogP contribution in [0.1, 0.15) is 0 Å². The second-order valence-corrected chi connectivity index (χ2v) is 2.95. The predicted molar refractivity (Wildman–Crippen MR) is 47.0 cm³/mol. The Morgan fingerprint density at radius 1 is 1.23 bits per heavy atom. The number of hydrogen-bond donors (Lipinski definition) is 6. The number of aliphatic hydroxyl groups excluding tert-OH is 4. The highest BCUT2D eigenvalue weighted by Crippen LogP contribution is 2.02. The standard InChI is InChI=1S/C7H18N2O4/c1-9-2-4(8)6(12)7(13)5(11)3-10/h4-7,9-13H,2-3,8H2,1H3. The molecule has 0 rings (SSSR count). The Morgan fingerprint density at radius 2 is 1.77 bits per heavy atom. The fourth-order valence-corrected chi connectivity index (χ4v) is 0.945. The van der Waals surface area contributed by atoms with Crippen LogP contribution in [0, 0.1) is 0 Å². The van der Waals surface area contributed by atoms with E-state index in [9.17, 15) is 10.2 Å². The molecule has 0 aliphatic carbocycles. The van der Waals surface area contributed by atoms with Crippen LogP contribution in [0.15, 0.2) is 0 Å². The van der Waals surface area contributed by atoms with Gasteiger partial charge in [0.25, 0.3) is 0 Å². The fraction of sp³-hybridized carbons (Fsp3) is 1.00. The van der Waals surface area contributed by atoms with E-state index in [4.69, 9.17) is 15.9 Å². The molecule has 4 unspecified atom stereocenters. The molecule has 0 aromatic rings. The van der Waals surface area contributed by atoms with Gasteiger partial charge in [-0.15, -0.1) is 0 Å². The SMILES string of the molecule is CNCC(N)C(O)C(O)C(O)CO. The van der Waals surface area contributed by atoms with Gasteiger partial charge in [-0.1, -0.05) is 0 Å². The molecule has 0 aliphatic heterocycles. The quantitative estimate of drug-likeness (QED) is 0.262. The molecule has 6 nitrogen and oxygen atoms in total. The number of rotatable bonds is 6. The average molecular weight is 194 g/mol. The summed E-state index contributed by atoms with van der Waals surface area (Å²) in [4.78, 5) is 0. The molecule has 6 heteroatoms. The van der Waals surface area contributed by atoms with Crippen molar-refractivity contribution >= 4 is 0 Å². The van der Waals surface area contributed by atoms with Gasteiger partial charge in [0, 0.05) is 12.6 Å². The highest BCUT2D eigenvalue weighted by Gasteiger charge is 2.28. The molecule has 0 radical (unpaired) electrons. The smallest absolute Gasteiger partial charge is 0.110 e. The Bertz CT molecular complexity index is 136. The summed E-state index contributed by atoms with van der Waals surface area (Å²) in [5.74, 6) is 0. The number of nitrogens with one attached hydrogen (secondary N) is 1. The van der Waals surface area contributed by atoms with Crippen molar-refractivity contribution in [2.45, 2.75) is 24.4 Å². The van der Waals surface area contributed by atoms with Crippen LogP contribution in [0.25, 0.3) is 0 Å². The van der Waals surface area contributed by atoms with E-state index in [-0.39, 0.29) is 0 Å². The number of likely N-dealkylation sites (N-methyl/N-ethyl adjacent to an activating group) is 1. The van der Waals surface area contributed by atoms with Crippen LogP contribution in [0.3, 0.4) is 0 Å². The molecule has 0 fully saturated rings.